The summed E-state index contributed by atoms with van der Waals surface area (Å²) in [6.45, 7) is 1.71. The molecule has 0 unspecified atom stereocenters. The second kappa shape index (κ2) is 9.02. The third-order valence-corrected chi connectivity index (χ3v) is 8.30. The molecule has 2 fully saturated rings. The molecule has 0 bridgehead atoms. The van der Waals surface area contributed by atoms with Gasteiger partial charge in [0.15, 0.2) is 0 Å². The van der Waals surface area contributed by atoms with Gasteiger partial charge in [-0.3, -0.25) is 4.21 Å². The molecule has 1 amide bonds. The number of ether oxygens (including phenoxy) is 1. The van der Waals surface area contributed by atoms with Gasteiger partial charge in [0.2, 0.25) is 5.95 Å². The molecule has 3 aliphatic rings. The number of rotatable bonds is 6. The summed E-state index contributed by atoms with van der Waals surface area (Å²) in [6, 6.07) is 0. The Kier molecular flexibility index (Phi) is 6.09. The molecule has 3 N–H and O–H groups in total. The Bertz CT molecular complexity index is 1070. The van der Waals surface area contributed by atoms with E-state index in [0.29, 0.717) is 33.9 Å². The van der Waals surface area contributed by atoms with Crippen molar-refractivity contribution in [3.05, 3.63) is 28.9 Å². The van der Waals surface area contributed by atoms with E-state index in [0.717, 1.165) is 56.7 Å². The fraction of sp³-hybridized carbons (Fsp3) is 0.571. The van der Waals surface area contributed by atoms with Crippen LogP contribution in [-0.2, 0) is 22.0 Å². The maximum absolute atomic E-state index is 12.7. The molecular weight excluding hydrogens is 466 g/mol. The van der Waals surface area contributed by atoms with Crippen molar-refractivity contribution in [2.24, 2.45) is 5.73 Å². The molecule has 1 aliphatic carbocycles. The highest BCUT2D eigenvalue weighted by Gasteiger charge is 2.41. The Morgan fingerprint density at radius 2 is 2.00 bits per heavy atom. The van der Waals surface area contributed by atoms with Crippen LogP contribution in [0.15, 0.2) is 17.3 Å². The van der Waals surface area contributed by atoms with Crippen LogP contribution in [0.1, 0.15) is 49.5 Å². The Morgan fingerprint density at radius 1 is 1.27 bits per heavy atom. The lowest BCUT2D eigenvalue weighted by Gasteiger charge is -2.42. The molecule has 10 nitrogen and oxygen atoms in total. The Morgan fingerprint density at radius 3 is 2.64 bits per heavy atom. The second-order valence-corrected chi connectivity index (χ2v) is 10.8. The first-order valence-corrected chi connectivity index (χ1v) is 12.8. The molecule has 5 rings (SSSR count). The van der Waals surface area contributed by atoms with Crippen molar-refractivity contribution in [3.8, 4) is 0 Å². The van der Waals surface area contributed by atoms with Crippen LogP contribution >= 0.6 is 11.6 Å². The van der Waals surface area contributed by atoms with Crippen LogP contribution in [0.25, 0.3) is 0 Å². The lowest BCUT2D eigenvalue weighted by atomic mass is 9.77. The number of carbonyl (C=O) groups is 1. The monoisotopic (exact) mass is 491 g/mol. The first kappa shape index (κ1) is 22.3. The van der Waals surface area contributed by atoms with E-state index in [4.69, 9.17) is 32.0 Å². The molecule has 0 spiro atoms. The van der Waals surface area contributed by atoms with Crippen LogP contribution in [0.4, 0.5) is 16.6 Å². The van der Waals surface area contributed by atoms with Crippen molar-refractivity contribution in [3.63, 3.8) is 0 Å². The number of hydrogen-bond acceptors (Lipinski definition) is 9. The van der Waals surface area contributed by atoms with Gasteiger partial charge in [-0.15, -0.1) is 0 Å². The summed E-state index contributed by atoms with van der Waals surface area (Å²) in [5.41, 5.74) is 5.58. The van der Waals surface area contributed by atoms with Gasteiger partial charge in [-0.1, -0.05) is 11.6 Å². The summed E-state index contributed by atoms with van der Waals surface area (Å²) in [6.07, 6.45) is 7.56. The van der Waals surface area contributed by atoms with Gasteiger partial charge in [-0.2, -0.15) is 4.98 Å². The van der Waals surface area contributed by atoms with Crippen LogP contribution in [0.5, 0.6) is 0 Å². The maximum atomic E-state index is 12.7. The number of nitrogens with one attached hydrogen (secondary N) is 1. The first-order valence-electron chi connectivity index (χ1n) is 11.1. The molecule has 0 aromatic carbocycles. The zero-order valence-electron chi connectivity index (χ0n) is 18.1. The Balaban J connectivity index is 1.35. The fourth-order valence-electron chi connectivity index (χ4n) is 4.65. The third-order valence-electron chi connectivity index (χ3n) is 6.64. The van der Waals surface area contributed by atoms with Gasteiger partial charge in [-0.25, -0.2) is 19.7 Å². The Hall–Kier alpha value is -2.53. The van der Waals surface area contributed by atoms with Gasteiger partial charge in [0.25, 0.3) is 0 Å². The summed E-state index contributed by atoms with van der Waals surface area (Å²) in [7, 11) is -1.15. The molecule has 33 heavy (non-hydrogen) atoms. The van der Waals surface area contributed by atoms with Crippen molar-refractivity contribution >= 4 is 40.3 Å². The highest BCUT2D eigenvalue weighted by Crippen LogP contribution is 2.39. The van der Waals surface area contributed by atoms with E-state index in [9.17, 15) is 9.00 Å². The number of anilines is 2. The third kappa shape index (κ3) is 4.61. The number of aromatic nitrogens is 4. The topological polar surface area (TPSA) is 136 Å². The number of fused-ring (bicyclic) bond motifs is 1. The van der Waals surface area contributed by atoms with Gasteiger partial charge in [0.05, 0.1) is 27.1 Å². The van der Waals surface area contributed by atoms with E-state index in [1.807, 2.05) is 0 Å². The lowest BCUT2D eigenvalue weighted by Crippen LogP contribution is -2.50. The molecule has 2 aliphatic heterocycles. The number of carbonyl (C=O) groups excluding carboxylic acids is 1. The van der Waals surface area contributed by atoms with Gasteiger partial charge in [-0.05, 0) is 32.1 Å². The second-order valence-electron chi connectivity index (χ2n) is 8.84. The predicted molar refractivity (Wildman–Crippen MR) is 124 cm³/mol. The number of nitrogens with two attached hydrogens (primary N) is 1. The van der Waals surface area contributed by atoms with Gasteiger partial charge in [0.1, 0.15) is 23.1 Å². The van der Waals surface area contributed by atoms with Gasteiger partial charge in [0, 0.05) is 43.6 Å². The standard InChI is InChI=1S/C21H26ClN7O3S/c22-14-10-24-17(25-11-14)13-2-7-29(8-3-13)20-26-15-4-9-33(31)16(15)18(27-20)28-21(5-1-6-21)12-32-19(23)30/h10-11,13H,1-9,12H2,(H2,23,30)(H,26,27,28)/t33-/m0/s1. The largest absolute Gasteiger partial charge is 0.447 e. The highest BCUT2D eigenvalue weighted by molar-refractivity contribution is 7.85. The van der Waals surface area contributed by atoms with Crippen LogP contribution < -0.4 is 16.0 Å². The molecular formula is C21H26ClN7O3S. The van der Waals surface area contributed by atoms with Gasteiger partial charge >= 0.3 is 6.09 Å². The lowest BCUT2D eigenvalue weighted by molar-refractivity contribution is 0.101. The zero-order valence-corrected chi connectivity index (χ0v) is 19.7. The molecule has 176 valence electrons. The quantitative estimate of drug-likeness (QED) is 0.623. The SMILES string of the molecule is NC(=O)OCC1(Nc2nc(N3CCC(c4ncc(Cl)cn4)CC3)nc3c2[S@@](=O)CC3)CCC1. The average molecular weight is 492 g/mol. The Labute approximate surface area is 199 Å². The highest BCUT2D eigenvalue weighted by atomic mass is 35.5. The van der Waals surface area contributed by atoms with Gasteiger partial charge < -0.3 is 20.7 Å². The number of piperidine rings is 1. The van der Waals surface area contributed by atoms with Crippen molar-refractivity contribution in [2.75, 3.05) is 35.7 Å². The average Bonchev–Trinajstić information content (AvgIpc) is 3.17. The maximum Gasteiger partial charge on any atom is 0.404 e. The molecule has 0 radical (unpaired) electrons. The van der Waals surface area contributed by atoms with E-state index >= 15 is 0 Å². The summed E-state index contributed by atoms with van der Waals surface area (Å²) in [5.74, 6) is 2.84. The minimum atomic E-state index is -1.15. The zero-order chi connectivity index (χ0) is 23.0. The van der Waals surface area contributed by atoms with E-state index < -0.39 is 22.4 Å². The summed E-state index contributed by atoms with van der Waals surface area (Å²) in [5, 5.41) is 3.99. The first-order chi connectivity index (χ1) is 15.9. The molecule has 1 saturated carbocycles. The smallest absolute Gasteiger partial charge is 0.404 e. The molecule has 2 aromatic heterocycles. The molecule has 12 heteroatoms. The summed E-state index contributed by atoms with van der Waals surface area (Å²) < 4.78 is 17.8. The van der Waals surface area contributed by atoms with Crippen molar-refractivity contribution in [2.45, 2.75) is 54.9 Å². The number of amides is 1. The summed E-state index contributed by atoms with van der Waals surface area (Å²) >= 11 is 5.91. The molecule has 1 atom stereocenters. The van der Waals surface area contributed by atoms with Crippen LogP contribution in [0.3, 0.4) is 0 Å². The summed E-state index contributed by atoms with van der Waals surface area (Å²) in [4.78, 5) is 32.3. The normalized spacial score (nSPS) is 21.8. The minimum Gasteiger partial charge on any atom is -0.447 e. The van der Waals surface area contributed by atoms with Crippen LogP contribution in [0.2, 0.25) is 5.02 Å². The minimum absolute atomic E-state index is 0.162. The van der Waals surface area contributed by atoms with E-state index in [1.165, 1.54) is 0 Å². The number of hydrogen-bond donors (Lipinski definition) is 2. The number of nitrogens with zero attached hydrogens (tertiary/aromatic N) is 5. The molecule has 4 heterocycles. The predicted octanol–water partition coefficient (Wildman–Crippen LogP) is 2.40. The van der Waals surface area contributed by atoms with E-state index in [2.05, 4.69) is 20.2 Å². The van der Waals surface area contributed by atoms with Crippen molar-refractivity contribution < 1.29 is 13.7 Å². The molecule has 1 saturated heterocycles. The molecule has 2 aromatic rings. The van der Waals surface area contributed by atoms with E-state index in [-0.39, 0.29) is 12.5 Å². The number of aryl methyl sites for hydroxylation is 1. The van der Waals surface area contributed by atoms with Crippen molar-refractivity contribution in [1.29, 1.82) is 0 Å². The number of halogens is 1. The number of primary amides is 1. The van der Waals surface area contributed by atoms with E-state index in [1.54, 1.807) is 12.4 Å². The fourth-order valence-corrected chi connectivity index (χ4v) is 6.05. The van der Waals surface area contributed by atoms with Crippen molar-refractivity contribution in [1.82, 2.24) is 19.9 Å². The van der Waals surface area contributed by atoms with Crippen LogP contribution in [-0.4, -0.2) is 61.2 Å². The van der Waals surface area contributed by atoms with Crippen LogP contribution in [0, 0.1) is 0 Å².